The Morgan fingerprint density at radius 3 is 2.76 bits per heavy atom. The van der Waals surface area contributed by atoms with Gasteiger partial charge in [-0.05, 0) is 42.8 Å². The molecule has 2 unspecified atom stereocenters. The molecule has 9 heteroatoms. The lowest BCUT2D eigenvalue weighted by Crippen LogP contribution is -2.56. The van der Waals surface area contributed by atoms with Gasteiger partial charge in [-0.25, -0.2) is 8.78 Å². The highest BCUT2D eigenvalue weighted by molar-refractivity contribution is 5.79. The number of rotatable bonds is 4. The maximum atomic E-state index is 14.1. The first-order valence-corrected chi connectivity index (χ1v) is 9.08. The summed E-state index contributed by atoms with van der Waals surface area (Å²) in [6.07, 6.45) is -1.04. The van der Waals surface area contributed by atoms with Crippen LogP contribution < -0.4 is 10.1 Å². The lowest BCUT2D eigenvalue weighted by molar-refractivity contribution is -0.182. The third-order valence-corrected chi connectivity index (χ3v) is 5.09. The highest BCUT2D eigenvalue weighted by atomic mass is 19.4. The zero-order chi connectivity index (χ0) is 20.8. The minimum atomic E-state index is -4.73. The summed E-state index contributed by atoms with van der Waals surface area (Å²) in [6.45, 7) is 0.537. The molecule has 0 aliphatic carbocycles. The van der Waals surface area contributed by atoms with Gasteiger partial charge in [-0.1, -0.05) is 6.08 Å². The quantitative estimate of drug-likeness (QED) is 0.752. The molecule has 1 fully saturated rings. The van der Waals surface area contributed by atoms with Crippen LogP contribution in [0, 0.1) is 6.92 Å². The van der Waals surface area contributed by atoms with Crippen LogP contribution >= 0.6 is 0 Å². The number of hydrogen-bond acceptors (Lipinski definition) is 4. The molecular formula is C20H19F5N2O2. The van der Waals surface area contributed by atoms with Crippen molar-refractivity contribution in [3.63, 3.8) is 0 Å². The number of allylic oxidation sites excluding steroid dienone is 2. The van der Waals surface area contributed by atoms with E-state index in [9.17, 15) is 22.0 Å². The summed E-state index contributed by atoms with van der Waals surface area (Å²) in [5, 5.41) is 3.24. The van der Waals surface area contributed by atoms with Crippen LogP contribution in [0.25, 0.3) is 11.0 Å². The Hall–Kier alpha value is -2.55. The van der Waals surface area contributed by atoms with E-state index in [0.717, 1.165) is 11.6 Å². The van der Waals surface area contributed by atoms with Crippen LogP contribution in [0.5, 0.6) is 5.75 Å². The van der Waals surface area contributed by atoms with E-state index in [1.54, 1.807) is 31.2 Å². The Morgan fingerprint density at radius 2 is 2.07 bits per heavy atom. The second kappa shape index (κ2) is 7.05. The first-order chi connectivity index (χ1) is 13.6. The van der Waals surface area contributed by atoms with Crippen molar-refractivity contribution < 1.29 is 31.1 Å². The molecule has 0 bridgehead atoms. The Balaban J connectivity index is 1.56. The summed E-state index contributed by atoms with van der Waals surface area (Å²) in [4.78, 5) is 0.696. The van der Waals surface area contributed by atoms with Gasteiger partial charge in [0.2, 0.25) is 0 Å². The number of hydrogen-bond donors (Lipinski definition) is 1. The van der Waals surface area contributed by atoms with Crippen molar-refractivity contribution in [2.75, 3.05) is 19.7 Å². The molecule has 2 atom stereocenters. The monoisotopic (exact) mass is 414 g/mol. The van der Waals surface area contributed by atoms with Gasteiger partial charge in [0.05, 0.1) is 6.54 Å². The molecule has 4 nitrogen and oxygen atoms in total. The summed E-state index contributed by atoms with van der Waals surface area (Å²) in [5.41, 5.74) is 0.510. The molecule has 1 N–H and O–H groups in total. The SMILES string of the molecule is Cc1cc2cc(OCC3=CC=CN(C4CNCC4(F)F)C3C(F)(F)F)ccc2o1. The van der Waals surface area contributed by atoms with Gasteiger partial charge in [-0.2, -0.15) is 13.2 Å². The van der Waals surface area contributed by atoms with Gasteiger partial charge in [0.25, 0.3) is 5.92 Å². The molecular weight excluding hydrogens is 395 g/mol. The zero-order valence-electron chi connectivity index (χ0n) is 15.5. The van der Waals surface area contributed by atoms with Crippen molar-refractivity contribution in [2.24, 2.45) is 0 Å². The van der Waals surface area contributed by atoms with E-state index in [-0.39, 0.29) is 18.7 Å². The van der Waals surface area contributed by atoms with E-state index in [1.807, 2.05) is 0 Å². The summed E-state index contributed by atoms with van der Waals surface area (Å²) in [7, 11) is 0. The molecule has 2 aromatic rings. The van der Waals surface area contributed by atoms with Crippen LogP contribution in [-0.2, 0) is 0 Å². The molecule has 0 spiro atoms. The third-order valence-electron chi connectivity index (χ3n) is 5.09. The summed E-state index contributed by atoms with van der Waals surface area (Å²) >= 11 is 0. The van der Waals surface area contributed by atoms with Crippen molar-refractivity contribution in [1.82, 2.24) is 10.2 Å². The van der Waals surface area contributed by atoms with Crippen LogP contribution in [0.3, 0.4) is 0 Å². The fraction of sp³-hybridized carbons (Fsp3) is 0.400. The fourth-order valence-corrected chi connectivity index (χ4v) is 3.80. The maximum Gasteiger partial charge on any atom is 0.412 e. The van der Waals surface area contributed by atoms with E-state index < -0.39 is 30.7 Å². The van der Waals surface area contributed by atoms with Gasteiger partial charge in [0, 0.05) is 18.1 Å². The average Bonchev–Trinajstić information content (AvgIpc) is 3.18. The van der Waals surface area contributed by atoms with Crippen LogP contribution in [-0.4, -0.2) is 48.8 Å². The smallest absolute Gasteiger partial charge is 0.412 e. The summed E-state index contributed by atoms with van der Waals surface area (Å²) in [6, 6.07) is 2.97. The van der Waals surface area contributed by atoms with Gasteiger partial charge < -0.3 is 19.4 Å². The minimum absolute atomic E-state index is 0.133. The number of aryl methyl sites for hydroxylation is 1. The summed E-state index contributed by atoms with van der Waals surface area (Å²) < 4.78 is 80.8. The van der Waals surface area contributed by atoms with Crippen LogP contribution in [0.2, 0.25) is 0 Å². The van der Waals surface area contributed by atoms with Gasteiger partial charge in [-0.3, -0.25) is 0 Å². The molecule has 1 aromatic heterocycles. The molecule has 3 heterocycles. The predicted molar refractivity (Wildman–Crippen MR) is 97.0 cm³/mol. The van der Waals surface area contributed by atoms with E-state index >= 15 is 0 Å². The molecule has 1 aromatic carbocycles. The topological polar surface area (TPSA) is 37.6 Å². The second-order valence-electron chi connectivity index (χ2n) is 7.23. The number of nitrogens with one attached hydrogen (secondary N) is 1. The van der Waals surface area contributed by atoms with E-state index in [4.69, 9.17) is 9.15 Å². The van der Waals surface area contributed by atoms with Crippen LogP contribution in [0.1, 0.15) is 5.76 Å². The molecule has 2 aliphatic rings. The number of fused-ring (bicyclic) bond motifs is 1. The fourth-order valence-electron chi connectivity index (χ4n) is 3.80. The highest BCUT2D eigenvalue weighted by Gasteiger charge is 2.55. The number of benzene rings is 1. The van der Waals surface area contributed by atoms with Crippen LogP contribution in [0.15, 0.2) is 52.6 Å². The first kappa shape index (κ1) is 19.8. The molecule has 0 radical (unpaired) electrons. The molecule has 4 rings (SSSR count). The van der Waals surface area contributed by atoms with Gasteiger partial charge in [0.1, 0.15) is 29.7 Å². The Morgan fingerprint density at radius 1 is 1.28 bits per heavy atom. The lowest BCUT2D eigenvalue weighted by Gasteiger charge is -2.41. The molecule has 29 heavy (non-hydrogen) atoms. The average molecular weight is 414 g/mol. The summed E-state index contributed by atoms with van der Waals surface area (Å²) in [5.74, 6) is -2.19. The maximum absolute atomic E-state index is 14.1. The minimum Gasteiger partial charge on any atom is -0.489 e. The third kappa shape index (κ3) is 3.83. The Bertz CT molecular complexity index is 963. The normalized spacial score (nSPS) is 24.2. The second-order valence-corrected chi connectivity index (χ2v) is 7.23. The number of ether oxygens (including phenoxy) is 1. The van der Waals surface area contributed by atoms with Gasteiger partial charge >= 0.3 is 6.18 Å². The van der Waals surface area contributed by atoms with Crippen molar-refractivity contribution >= 4 is 11.0 Å². The van der Waals surface area contributed by atoms with Crippen molar-refractivity contribution in [2.45, 2.75) is 31.1 Å². The van der Waals surface area contributed by atoms with Crippen molar-refractivity contribution in [1.29, 1.82) is 0 Å². The zero-order valence-corrected chi connectivity index (χ0v) is 15.5. The number of nitrogens with zero attached hydrogens (tertiary/aromatic N) is 1. The largest absolute Gasteiger partial charge is 0.489 e. The number of furan rings is 1. The predicted octanol–water partition coefficient (Wildman–Crippen LogP) is 4.41. The van der Waals surface area contributed by atoms with E-state index in [1.165, 1.54) is 12.2 Å². The van der Waals surface area contributed by atoms with Crippen molar-refractivity contribution in [3.8, 4) is 5.75 Å². The Labute approximate surface area is 163 Å². The van der Waals surface area contributed by atoms with Crippen LogP contribution in [0.4, 0.5) is 22.0 Å². The molecule has 0 amide bonds. The number of alkyl halides is 5. The molecule has 2 aliphatic heterocycles. The van der Waals surface area contributed by atoms with Gasteiger partial charge in [-0.15, -0.1) is 0 Å². The van der Waals surface area contributed by atoms with E-state index in [2.05, 4.69) is 5.32 Å². The Kier molecular flexibility index (Phi) is 4.80. The molecule has 156 valence electrons. The van der Waals surface area contributed by atoms with E-state index in [0.29, 0.717) is 22.0 Å². The molecule has 1 saturated heterocycles. The number of halogens is 5. The lowest BCUT2D eigenvalue weighted by atomic mass is 9.99. The standard InChI is InChI=1S/C20H19F5N2O2/c1-12-7-14-8-15(4-5-16(14)29-12)28-10-13-3-2-6-27(18(13)20(23,24)25)17-9-26-11-19(17,21)22/h2-8,17-18,26H,9-11H2,1H3. The first-order valence-electron chi connectivity index (χ1n) is 9.08. The van der Waals surface area contributed by atoms with Crippen molar-refractivity contribution in [3.05, 3.63) is 54.0 Å². The van der Waals surface area contributed by atoms with Gasteiger partial charge in [0.15, 0.2) is 6.04 Å². The molecule has 0 saturated carbocycles. The highest BCUT2D eigenvalue weighted by Crippen LogP contribution is 2.38.